The fraction of sp³-hybridized carbons (Fsp3) is 0.154. The molecular formula is C13H13NO. The molecule has 0 aliphatic carbocycles. The van der Waals surface area contributed by atoms with E-state index in [1.165, 1.54) is 10.9 Å². The molecule has 2 heteroatoms. The monoisotopic (exact) mass is 199 g/mol. The number of para-hydroxylation sites is 1. The fourth-order valence-corrected chi connectivity index (χ4v) is 1.65. The number of rotatable bonds is 3. The van der Waals surface area contributed by atoms with Gasteiger partial charge >= 0.3 is 0 Å². The number of aromatic amines is 1. The Hall–Kier alpha value is -1.83. The number of carbonyl (C=O) groups is 1. The van der Waals surface area contributed by atoms with Crippen molar-refractivity contribution in [2.24, 2.45) is 0 Å². The molecule has 0 atom stereocenters. The normalized spacial score (nSPS) is 11.3. The van der Waals surface area contributed by atoms with Gasteiger partial charge in [-0.2, -0.15) is 0 Å². The summed E-state index contributed by atoms with van der Waals surface area (Å²) in [6, 6.07) is 8.17. The van der Waals surface area contributed by atoms with E-state index < -0.39 is 0 Å². The number of hydrogen-bond donors (Lipinski definition) is 1. The highest BCUT2D eigenvalue weighted by Crippen LogP contribution is 2.18. The second-order valence-corrected chi connectivity index (χ2v) is 3.58. The van der Waals surface area contributed by atoms with E-state index in [-0.39, 0.29) is 5.78 Å². The molecule has 15 heavy (non-hydrogen) atoms. The van der Waals surface area contributed by atoms with E-state index in [4.69, 9.17) is 0 Å². The average Bonchev–Trinajstić information content (AvgIpc) is 2.62. The standard InChI is InChI=1S/C13H13NO/c1-10(15)5-4-6-11-9-14-13-8-3-2-7-12(11)13/h2-5,7-9,14H,6H2,1H3/b5-4+. The Morgan fingerprint density at radius 2 is 2.20 bits per heavy atom. The SMILES string of the molecule is CC(=O)/C=C/Cc1c[nH]c2ccccc12. The third-order valence-corrected chi connectivity index (χ3v) is 2.37. The van der Waals surface area contributed by atoms with Crippen LogP contribution in [0, 0.1) is 0 Å². The number of carbonyl (C=O) groups excluding carboxylic acids is 1. The molecule has 1 aromatic carbocycles. The van der Waals surface area contributed by atoms with Crippen LogP contribution in [0.5, 0.6) is 0 Å². The van der Waals surface area contributed by atoms with Gasteiger partial charge < -0.3 is 4.98 Å². The zero-order chi connectivity index (χ0) is 10.7. The first kappa shape index (κ1) is 9.71. The highest BCUT2D eigenvalue weighted by molar-refractivity contribution is 5.87. The lowest BCUT2D eigenvalue weighted by Gasteiger charge is -1.92. The lowest BCUT2D eigenvalue weighted by Crippen LogP contribution is -1.82. The van der Waals surface area contributed by atoms with Crippen LogP contribution < -0.4 is 0 Å². The summed E-state index contributed by atoms with van der Waals surface area (Å²) in [6.07, 6.45) is 6.30. The summed E-state index contributed by atoms with van der Waals surface area (Å²) in [5.41, 5.74) is 2.37. The molecule has 0 saturated heterocycles. The van der Waals surface area contributed by atoms with Gasteiger partial charge in [-0.05, 0) is 31.1 Å². The topological polar surface area (TPSA) is 32.9 Å². The largest absolute Gasteiger partial charge is 0.361 e. The molecule has 0 spiro atoms. The summed E-state index contributed by atoms with van der Waals surface area (Å²) in [4.78, 5) is 13.9. The van der Waals surface area contributed by atoms with E-state index in [2.05, 4.69) is 11.1 Å². The highest BCUT2D eigenvalue weighted by atomic mass is 16.1. The summed E-state index contributed by atoms with van der Waals surface area (Å²) >= 11 is 0. The van der Waals surface area contributed by atoms with Crippen molar-refractivity contribution in [2.75, 3.05) is 0 Å². The summed E-state index contributed by atoms with van der Waals surface area (Å²) in [5.74, 6) is 0.0924. The summed E-state index contributed by atoms with van der Waals surface area (Å²) < 4.78 is 0. The van der Waals surface area contributed by atoms with Crippen LogP contribution in [0.4, 0.5) is 0 Å². The first-order chi connectivity index (χ1) is 7.27. The highest BCUT2D eigenvalue weighted by Gasteiger charge is 1.99. The second kappa shape index (κ2) is 4.13. The van der Waals surface area contributed by atoms with Crippen molar-refractivity contribution in [3.63, 3.8) is 0 Å². The van der Waals surface area contributed by atoms with E-state index >= 15 is 0 Å². The molecule has 0 aliphatic heterocycles. The Balaban J connectivity index is 2.25. The third-order valence-electron chi connectivity index (χ3n) is 2.37. The van der Waals surface area contributed by atoms with Crippen molar-refractivity contribution in [1.29, 1.82) is 0 Å². The number of ketones is 1. The van der Waals surface area contributed by atoms with Crippen LogP contribution in [0.2, 0.25) is 0 Å². The minimum absolute atomic E-state index is 0.0924. The Morgan fingerprint density at radius 1 is 1.40 bits per heavy atom. The van der Waals surface area contributed by atoms with Gasteiger partial charge in [0.25, 0.3) is 0 Å². The van der Waals surface area contributed by atoms with Crippen molar-refractivity contribution < 1.29 is 4.79 Å². The molecule has 0 aliphatic rings. The average molecular weight is 199 g/mol. The molecule has 2 rings (SSSR count). The number of H-pyrrole nitrogens is 1. The van der Waals surface area contributed by atoms with E-state index in [1.807, 2.05) is 30.5 Å². The minimum atomic E-state index is 0.0924. The van der Waals surface area contributed by atoms with E-state index in [9.17, 15) is 4.79 Å². The van der Waals surface area contributed by atoms with Gasteiger partial charge in [0.1, 0.15) is 0 Å². The van der Waals surface area contributed by atoms with Crippen molar-refractivity contribution in [3.05, 3.63) is 48.2 Å². The van der Waals surface area contributed by atoms with E-state index in [0.29, 0.717) is 0 Å². The number of hydrogen-bond acceptors (Lipinski definition) is 1. The molecule has 1 heterocycles. The lowest BCUT2D eigenvalue weighted by molar-refractivity contribution is -0.112. The number of benzene rings is 1. The zero-order valence-electron chi connectivity index (χ0n) is 8.66. The molecule has 1 N–H and O–H groups in total. The minimum Gasteiger partial charge on any atom is -0.361 e. The van der Waals surface area contributed by atoms with Crippen LogP contribution in [0.3, 0.4) is 0 Å². The Kier molecular flexibility index (Phi) is 2.68. The quantitative estimate of drug-likeness (QED) is 0.757. The molecule has 0 fully saturated rings. The van der Waals surface area contributed by atoms with Crippen LogP contribution in [-0.2, 0) is 11.2 Å². The maximum absolute atomic E-state index is 10.7. The van der Waals surface area contributed by atoms with Crippen LogP contribution in [0.15, 0.2) is 42.6 Å². The van der Waals surface area contributed by atoms with Gasteiger partial charge in [-0.25, -0.2) is 0 Å². The van der Waals surface area contributed by atoms with Gasteiger partial charge in [0, 0.05) is 17.1 Å². The molecule has 0 unspecified atom stereocenters. The van der Waals surface area contributed by atoms with Crippen molar-refractivity contribution in [3.8, 4) is 0 Å². The summed E-state index contributed by atoms with van der Waals surface area (Å²) in [6.45, 7) is 1.56. The first-order valence-electron chi connectivity index (χ1n) is 4.99. The molecule has 2 aromatic rings. The van der Waals surface area contributed by atoms with Crippen molar-refractivity contribution in [2.45, 2.75) is 13.3 Å². The van der Waals surface area contributed by atoms with Crippen molar-refractivity contribution in [1.82, 2.24) is 4.98 Å². The molecule has 0 radical (unpaired) electrons. The Bertz CT molecular complexity index is 508. The molecule has 0 amide bonds. The molecule has 0 saturated carbocycles. The number of aromatic nitrogens is 1. The zero-order valence-corrected chi connectivity index (χ0v) is 8.66. The van der Waals surface area contributed by atoms with Crippen LogP contribution in [0.1, 0.15) is 12.5 Å². The molecule has 0 bridgehead atoms. The van der Waals surface area contributed by atoms with Gasteiger partial charge in [0.05, 0.1) is 0 Å². The summed E-state index contributed by atoms with van der Waals surface area (Å²) in [7, 11) is 0. The van der Waals surface area contributed by atoms with E-state index in [1.54, 1.807) is 13.0 Å². The van der Waals surface area contributed by atoms with Crippen LogP contribution in [0.25, 0.3) is 10.9 Å². The predicted molar refractivity (Wildman–Crippen MR) is 61.8 cm³/mol. The Morgan fingerprint density at radius 3 is 3.00 bits per heavy atom. The van der Waals surface area contributed by atoms with Gasteiger partial charge in [-0.15, -0.1) is 0 Å². The second-order valence-electron chi connectivity index (χ2n) is 3.58. The fourth-order valence-electron chi connectivity index (χ4n) is 1.65. The number of nitrogens with one attached hydrogen (secondary N) is 1. The molecule has 76 valence electrons. The van der Waals surface area contributed by atoms with Crippen molar-refractivity contribution >= 4 is 16.7 Å². The number of fused-ring (bicyclic) bond motifs is 1. The molecule has 1 aromatic heterocycles. The van der Waals surface area contributed by atoms with Gasteiger partial charge in [0.2, 0.25) is 0 Å². The van der Waals surface area contributed by atoms with Gasteiger partial charge in [-0.1, -0.05) is 24.3 Å². The van der Waals surface area contributed by atoms with Crippen LogP contribution in [-0.4, -0.2) is 10.8 Å². The summed E-state index contributed by atoms with van der Waals surface area (Å²) in [5, 5.41) is 1.23. The smallest absolute Gasteiger partial charge is 0.152 e. The van der Waals surface area contributed by atoms with Crippen LogP contribution >= 0.6 is 0 Å². The maximum atomic E-state index is 10.7. The van der Waals surface area contributed by atoms with Gasteiger partial charge in [0.15, 0.2) is 5.78 Å². The van der Waals surface area contributed by atoms with Gasteiger partial charge in [-0.3, -0.25) is 4.79 Å². The first-order valence-corrected chi connectivity index (χ1v) is 4.99. The maximum Gasteiger partial charge on any atom is 0.152 e. The Labute approximate surface area is 88.6 Å². The number of allylic oxidation sites excluding steroid dienone is 2. The third kappa shape index (κ3) is 2.15. The van der Waals surface area contributed by atoms with E-state index in [0.717, 1.165) is 11.9 Å². The molecular weight excluding hydrogens is 186 g/mol. The lowest BCUT2D eigenvalue weighted by atomic mass is 10.1. The predicted octanol–water partition coefficient (Wildman–Crippen LogP) is 2.86. The molecule has 2 nitrogen and oxygen atoms in total.